The van der Waals surface area contributed by atoms with Crippen LogP contribution in [0.3, 0.4) is 0 Å². The highest BCUT2D eigenvalue weighted by atomic mass is 79.9. The van der Waals surface area contributed by atoms with Crippen molar-refractivity contribution in [2.45, 2.75) is 52.6 Å². The summed E-state index contributed by atoms with van der Waals surface area (Å²) in [7, 11) is 0. The average Bonchev–Trinajstić information content (AvgIpc) is 2.83. The Labute approximate surface area is 151 Å². The lowest BCUT2D eigenvalue weighted by Crippen LogP contribution is -2.35. The first-order valence-corrected chi connectivity index (χ1v) is 9.05. The van der Waals surface area contributed by atoms with Crippen LogP contribution in [0.15, 0.2) is 22.7 Å². The number of ether oxygens (including phenoxy) is 1. The number of imidazole rings is 1. The highest BCUT2D eigenvalue weighted by Gasteiger charge is 2.21. The van der Waals surface area contributed by atoms with E-state index in [4.69, 9.17) is 9.72 Å². The van der Waals surface area contributed by atoms with Gasteiger partial charge in [0.25, 0.3) is 0 Å². The van der Waals surface area contributed by atoms with Gasteiger partial charge in [0.15, 0.2) is 0 Å². The van der Waals surface area contributed by atoms with Gasteiger partial charge in [-0.3, -0.25) is 0 Å². The second kappa shape index (κ2) is 7.55. The Kier molecular flexibility index (Phi) is 5.91. The Morgan fingerprint density at radius 2 is 2.08 bits per heavy atom. The standard InChI is InChI=1S/C18H26BrN3O2/c1-11(2)8-12(10-20-17(23)24-18(3,4)5)16-21-14-7-6-13(19)9-15(14)22-16/h6-7,9,11-12H,8,10H2,1-5H3,(H,20,23)(H,21,22). The molecule has 0 aliphatic heterocycles. The predicted octanol–water partition coefficient (Wildman–Crippen LogP) is 4.98. The molecule has 1 aromatic heterocycles. The molecule has 0 saturated carbocycles. The Morgan fingerprint density at radius 3 is 2.71 bits per heavy atom. The molecule has 2 rings (SSSR count). The van der Waals surface area contributed by atoms with Crippen molar-refractivity contribution in [2.75, 3.05) is 6.54 Å². The second-order valence-corrected chi connectivity index (χ2v) is 8.41. The Hall–Kier alpha value is -1.56. The van der Waals surface area contributed by atoms with E-state index in [0.29, 0.717) is 12.5 Å². The fourth-order valence-electron chi connectivity index (χ4n) is 2.57. The molecule has 0 radical (unpaired) electrons. The van der Waals surface area contributed by atoms with Crippen molar-refractivity contribution in [1.82, 2.24) is 15.3 Å². The van der Waals surface area contributed by atoms with Crippen LogP contribution in [0.1, 0.15) is 52.8 Å². The molecule has 0 fully saturated rings. The van der Waals surface area contributed by atoms with E-state index in [9.17, 15) is 4.79 Å². The molecule has 0 bridgehead atoms. The monoisotopic (exact) mass is 395 g/mol. The first-order chi connectivity index (χ1) is 11.1. The molecule has 1 amide bonds. The van der Waals surface area contributed by atoms with Crippen LogP contribution in [0.5, 0.6) is 0 Å². The van der Waals surface area contributed by atoms with E-state index in [0.717, 1.165) is 27.8 Å². The van der Waals surface area contributed by atoms with Gasteiger partial charge in [-0.1, -0.05) is 29.8 Å². The third-order valence-electron chi connectivity index (χ3n) is 3.50. The van der Waals surface area contributed by atoms with Crippen LogP contribution >= 0.6 is 15.9 Å². The summed E-state index contributed by atoms with van der Waals surface area (Å²) in [4.78, 5) is 20.0. The molecule has 132 valence electrons. The van der Waals surface area contributed by atoms with Gasteiger partial charge in [0.2, 0.25) is 0 Å². The highest BCUT2D eigenvalue weighted by Crippen LogP contribution is 2.25. The molecule has 0 saturated heterocycles. The number of benzene rings is 1. The van der Waals surface area contributed by atoms with Gasteiger partial charge in [-0.2, -0.15) is 0 Å². The molecule has 2 N–H and O–H groups in total. The Balaban J connectivity index is 2.13. The van der Waals surface area contributed by atoms with E-state index in [1.54, 1.807) is 0 Å². The summed E-state index contributed by atoms with van der Waals surface area (Å²) in [5, 5.41) is 2.87. The van der Waals surface area contributed by atoms with Crippen molar-refractivity contribution >= 4 is 33.1 Å². The summed E-state index contributed by atoms with van der Waals surface area (Å²) in [6.45, 7) is 10.4. The lowest BCUT2D eigenvalue weighted by Gasteiger charge is -2.22. The molecule has 1 heterocycles. The summed E-state index contributed by atoms with van der Waals surface area (Å²) >= 11 is 3.47. The van der Waals surface area contributed by atoms with Crippen molar-refractivity contribution in [3.63, 3.8) is 0 Å². The van der Waals surface area contributed by atoms with Crippen LogP contribution in [0.4, 0.5) is 4.79 Å². The van der Waals surface area contributed by atoms with E-state index in [2.05, 4.69) is 40.1 Å². The zero-order valence-electron chi connectivity index (χ0n) is 14.9. The smallest absolute Gasteiger partial charge is 0.407 e. The van der Waals surface area contributed by atoms with Gasteiger partial charge in [-0.25, -0.2) is 9.78 Å². The van der Waals surface area contributed by atoms with Crippen LogP contribution in [0.2, 0.25) is 0 Å². The third kappa shape index (κ3) is 5.51. The van der Waals surface area contributed by atoms with Crippen molar-refractivity contribution in [1.29, 1.82) is 0 Å². The van der Waals surface area contributed by atoms with Gasteiger partial charge < -0.3 is 15.0 Å². The number of H-pyrrole nitrogens is 1. The number of nitrogens with zero attached hydrogens (tertiary/aromatic N) is 1. The quantitative estimate of drug-likeness (QED) is 0.749. The Morgan fingerprint density at radius 1 is 1.38 bits per heavy atom. The summed E-state index contributed by atoms with van der Waals surface area (Å²) in [5.41, 5.74) is 1.42. The molecule has 1 atom stereocenters. The minimum atomic E-state index is -0.497. The first-order valence-electron chi connectivity index (χ1n) is 8.26. The number of halogens is 1. The van der Waals surface area contributed by atoms with Crippen molar-refractivity contribution in [3.05, 3.63) is 28.5 Å². The number of hydrogen-bond acceptors (Lipinski definition) is 3. The van der Waals surface area contributed by atoms with Crippen molar-refractivity contribution in [3.8, 4) is 0 Å². The molecule has 0 aliphatic carbocycles. The zero-order chi connectivity index (χ0) is 17.9. The van der Waals surface area contributed by atoms with Gasteiger partial charge in [0, 0.05) is 16.9 Å². The summed E-state index contributed by atoms with van der Waals surface area (Å²) < 4.78 is 6.32. The van der Waals surface area contributed by atoms with E-state index < -0.39 is 11.7 Å². The maximum Gasteiger partial charge on any atom is 0.407 e. The fourth-order valence-corrected chi connectivity index (χ4v) is 2.92. The number of amides is 1. The van der Waals surface area contributed by atoms with Gasteiger partial charge >= 0.3 is 6.09 Å². The molecular weight excluding hydrogens is 370 g/mol. The van der Waals surface area contributed by atoms with Gasteiger partial charge in [0.1, 0.15) is 11.4 Å². The van der Waals surface area contributed by atoms with Gasteiger partial charge in [0.05, 0.1) is 11.0 Å². The van der Waals surface area contributed by atoms with Gasteiger partial charge in [-0.15, -0.1) is 0 Å². The number of aromatic nitrogens is 2. The number of aromatic amines is 1. The molecule has 1 aromatic carbocycles. The number of carbonyl (C=O) groups is 1. The van der Waals surface area contributed by atoms with Crippen LogP contribution in [0, 0.1) is 5.92 Å². The summed E-state index contributed by atoms with van der Waals surface area (Å²) in [6.07, 6.45) is 0.534. The fraction of sp³-hybridized carbons (Fsp3) is 0.556. The first kappa shape index (κ1) is 18.8. The SMILES string of the molecule is CC(C)CC(CNC(=O)OC(C)(C)C)c1nc2cc(Br)ccc2[nH]1. The highest BCUT2D eigenvalue weighted by molar-refractivity contribution is 9.10. The molecule has 24 heavy (non-hydrogen) atoms. The number of rotatable bonds is 5. The van der Waals surface area contributed by atoms with E-state index in [1.807, 2.05) is 39.0 Å². The third-order valence-corrected chi connectivity index (χ3v) is 3.99. The number of hydrogen-bond donors (Lipinski definition) is 2. The maximum atomic E-state index is 11.9. The van der Waals surface area contributed by atoms with Crippen LogP contribution in [-0.2, 0) is 4.74 Å². The van der Waals surface area contributed by atoms with E-state index in [-0.39, 0.29) is 5.92 Å². The number of nitrogens with one attached hydrogen (secondary N) is 2. The normalized spacial score (nSPS) is 13.3. The van der Waals surface area contributed by atoms with E-state index >= 15 is 0 Å². The van der Waals surface area contributed by atoms with E-state index in [1.165, 1.54) is 0 Å². The molecular formula is C18H26BrN3O2. The van der Waals surface area contributed by atoms with Gasteiger partial charge in [-0.05, 0) is 51.3 Å². The topological polar surface area (TPSA) is 67.0 Å². The zero-order valence-corrected chi connectivity index (χ0v) is 16.5. The molecule has 2 aromatic rings. The number of fused-ring (bicyclic) bond motifs is 1. The average molecular weight is 396 g/mol. The van der Waals surface area contributed by atoms with Crippen LogP contribution in [-0.4, -0.2) is 28.2 Å². The number of carbonyl (C=O) groups excluding carboxylic acids is 1. The minimum Gasteiger partial charge on any atom is -0.444 e. The summed E-state index contributed by atoms with van der Waals surface area (Å²) in [6, 6.07) is 5.98. The number of alkyl carbamates (subject to hydrolysis) is 1. The second-order valence-electron chi connectivity index (χ2n) is 7.49. The lowest BCUT2D eigenvalue weighted by atomic mass is 9.96. The van der Waals surface area contributed by atoms with Crippen molar-refractivity contribution < 1.29 is 9.53 Å². The minimum absolute atomic E-state index is 0.115. The molecule has 6 heteroatoms. The Bertz CT molecular complexity index is 704. The molecule has 1 unspecified atom stereocenters. The van der Waals surface area contributed by atoms with Crippen LogP contribution < -0.4 is 5.32 Å². The molecule has 0 spiro atoms. The van der Waals surface area contributed by atoms with Crippen LogP contribution in [0.25, 0.3) is 11.0 Å². The molecule has 5 nitrogen and oxygen atoms in total. The largest absolute Gasteiger partial charge is 0.444 e. The molecule has 0 aliphatic rings. The summed E-state index contributed by atoms with van der Waals surface area (Å²) in [5.74, 6) is 1.51. The lowest BCUT2D eigenvalue weighted by molar-refractivity contribution is 0.0523. The maximum absolute atomic E-state index is 11.9. The predicted molar refractivity (Wildman–Crippen MR) is 100 cm³/mol. The van der Waals surface area contributed by atoms with Crippen molar-refractivity contribution in [2.24, 2.45) is 5.92 Å².